The highest BCUT2D eigenvalue weighted by molar-refractivity contribution is 5.53. The summed E-state index contributed by atoms with van der Waals surface area (Å²) >= 11 is 0. The molecule has 3 rings (SSSR count). The zero-order chi connectivity index (χ0) is 13.3. The molecular formula is C17H13NO. The average Bonchev–Trinajstić information content (AvgIpc) is 3.25. The van der Waals surface area contributed by atoms with Crippen LogP contribution in [0, 0.1) is 11.3 Å². The molecule has 1 heterocycles. The Kier molecular flexibility index (Phi) is 4.55. The highest BCUT2D eigenvalue weighted by Gasteiger charge is 2.15. The van der Waals surface area contributed by atoms with E-state index in [1.807, 2.05) is 72.8 Å². The summed E-state index contributed by atoms with van der Waals surface area (Å²) in [5.41, 5.74) is 1.14. The van der Waals surface area contributed by atoms with E-state index in [0.29, 0.717) is 0 Å². The SMILES string of the molecule is N#CC=CC=Cc1ccccc1.c1ccc2c(c1)O2. The average molecular weight is 247 g/mol. The van der Waals surface area contributed by atoms with Crippen molar-refractivity contribution in [3.63, 3.8) is 0 Å². The topological polar surface area (TPSA) is 36.3 Å². The zero-order valence-electron chi connectivity index (χ0n) is 10.4. The summed E-state index contributed by atoms with van der Waals surface area (Å²) in [5.74, 6) is 2.06. The van der Waals surface area contributed by atoms with Crippen molar-refractivity contribution in [1.29, 1.82) is 5.26 Å². The van der Waals surface area contributed by atoms with Gasteiger partial charge in [0.15, 0.2) is 11.5 Å². The molecule has 2 heteroatoms. The lowest BCUT2D eigenvalue weighted by molar-refractivity contribution is 0.650. The van der Waals surface area contributed by atoms with Crippen LogP contribution in [0.15, 0.2) is 72.8 Å². The van der Waals surface area contributed by atoms with Gasteiger partial charge in [0, 0.05) is 6.08 Å². The number of fused-ring (bicyclic) bond motifs is 1. The van der Waals surface area contributed by atoms with E-state index in [1.54, 1.807) is 6.08 Å². The van der Waals surface area contributed by atoms with Gasteiger partial charge < -0.3 is 4.74 Å². The predicted octanol–water partition coefficient (Wildman–Crippen LogP) is 4.57. The summed E-state index contributed by atoms with van der Waals surface area (Å²) in [4.78, 5) is 0. The Morgan fingerprint density at radius 1 is 0.842 bits per heavy atom. The Bertz CT molecular complexity index is 600. The van der Waals surface area contributed by atoms with E-state index in [4.69, 9.17) is 10.00 Å². The molecule has 1 aliphatic rings. The fraction of sp³-hybridized carbons (Fsp3) is 0. The first kappa shape index (κ1) is 12.7. The number of nitrogens with zero attached hydrogens (tertiary/aromatic N) is 1. The van der Waals surface area contributed by atoms with E-state index >= 15 is 0 Å². The van der Waals surface area contributed by atoms with E-state index in [2.05, 4.69) is 0 Å². The van der Waals surface area contributed by atoms with E-state index < -0.39 is 0 Å². The molecule has 2 nitrogen and oxygen atoms in total. The summed E-state index contributed by atoms with van der Waals surface area (Å²) in [6.45, 7) is 0. The maximum atomic E-state index is 8.19. The first-order chi connectivity index (χ1) is 9.40. The molecule has 19 heavy (non-hydrogen) atoms. The van der Waals surface area contributed by atoms with E-state index in [9.17, 15) is 0 Å². The second kappa shape index (κ2) is 6.83. The number of rotatable bonds is 2. The van der Waals surface area contributed by atoms with Crippen LogP contribution in [0.25, 0.3) is 6.08 Å². The van der Waals surface area contributed by atoms with E-state index in [0.717, 1.165) is 17.1 Å². The van der Waals surface area contributed by atoms with Crippen LogP contribution in [0.1, 0.15) is 5.56 Å². The monoisotopic (exact) mass is 247 g/mol. The van der Waals surface area contributed by atoms with Crippen molar-refractivity contribution in [1.82, 2.24) is 0 Å². The van der Waals surface area contributed by atoms with Gasteiger partial charge in [0.1, 0.15) is 0 Å². The van der Waals surface area contributed by atoms with E-state index in [-0.39, 0.29) is 0 Å². The fourth-order valence-electron chi connectivity index (χ4n) is 1.44. The number of nitriles is 1. The Morgan fingerprint density at radius 2 is 1.47 bits per heavy atom. The first-order valence-electron chi connectivity index (χ1n) is 5.95. The fourth-order valence-corrected chi connectivity index (χ4v) is 1.44. The molecule has 0 saturated carbocycles. The molecule has 0 bridgehead atoms. The molecule has 0 spiro atoms. The molecule has 0 atom stereocenters. The van der Waals surface area contributed by atoms with Crippen molar-refractivity contribution in [2.45, 2.75) is 0 Å². The van der Waals surface area contributed by atoms with Crippen LogP contribution >= 0.6 is 0 Å². The lowest BCUT2D eigenvalue weighted by Crippen LogP contribution is -1.66. The second-order valence-corrected chi connectivity index (χ2v) is 3.81. The minimum absolute atomic E-state index is 1.03. The van der Waals surface area contributed by atoms with Gasteiger partial charge in [-0.2, -0.15) is 5.26 Å². The summed E-state index contributed by atoms with van der Waals surface area (Å²) < 4.78 is 4.94. The zero-order valence-corrected chi connectivity index (χ0v) is 10.4. The molecule has 0 unspecified atom stereocenters. The van der Waals surface area contributed by atoms with Gasteiger partial charge in [-0.1, -0.05) is 60.7 Å². The Hall–Kier alpha value is -2.79. The number of allylic oxidation sites excluding steroid dienone is 3. The summed E-state index contributed by atoms with van der Waals surface area (Å²) in [6, 6.07) is 19.7. The van der Waals surface area contributed by atoms with Crippen LogP contribution in [0.5, 0.6) is 11.5 Å². The molecule has 0 aliphatic carbocycles. The number of hydrogen-bond acceptors (Lipinski definition) is 2. The number of benzene rings is 2. The van der Waals surface area contributed by atoms with Gasteiger partial charge in [0.25, 0.3) is 0 Å². The van der Waals surface area contributed by atoms with Gasteiger partial charge in [-0.05, 0) is 17.7 Å². The number of para-hydroxylation sites is 2. The molecular weight excluding hydrogens is 234 g/mol. The minimum Gasteiger partial charge on any atom is -0.450 e. The van der Waals surface area contributed by atoms with Crippen LogP contribution in [0.2, 0.25) is 0 Å². The van der Waals surface area contributed by atoms with Gasteiger partial charge in [0.2, 0.25) is 0 Å². The van der Waals surface area contributed by atoms with Crippen LogP contribution < -0.4 is 4.74 Å². The summed E-state index contributed by atoms with van der Waals surface area (Å²) in [7, 11) is 0. The molecule has 92 valence electrons. The Balaban J connectivity index is 0.000000159. The highest BCUT2D eigenvalue weighted by atomic mass is 16.6. The first-order valence-corrected chi connectivity index (χ1v) is 5.95. The van der Waals surface area contributed by atoms with Gasteiger partial charge in [-0.25, -0.2) is 0 Å². The van der Waals surface area contributed by atoms with Crippen LogP contribution in [-0.4, -0.2) is 0 Å². The lowest BCUT2D eigenvalue weighted by Gasteiger charge is -1.87. The van der Waals surface area contributed by atoms with Crippen LogP contribution in [0.4, 0.5) is 0 Å². The van der Waals surface area contributed by atoms with Crippen LogP contribution in [0.3, 0.4) is 0 Å². The van der Waals surface area contributed by atoms with Crippen molar-refractivity contribution in [3.8, 4) is 17.6 Å². The molecule has 1 aliphatic heterocycles. The van der Waals surface area contributed by atoms with E-state index in [1.165, 1.54) is 6.08 Å². The van der Waals surface area contributed by atoms with Crippen LogP contribution in [-0.2, 0) is 0 Å². The normalized spacial score (nSPS) is 11.1. The molecule has 2 aromatic carbocycles. The smallest absolute Gasteiger partial charge is 0.170 e. The summed E-state index contributed by atoms with van der Waals surface area (Å²) in [5, 5.41) is 8.19. The third-order valence-electron chi connectivity index (χ3n) is 2.40. The van der Waals surface area contributed by atoms with Crippen molar-refractivity contribution in [2.75, 3.05) is 0 Å². The molecule has 2 aromatic rings. The highest BCUT2D eigenvalue weighted by Crippen LogP contribution is 2.43. The van der Waals surface area contributed by atoms with Gasteiger partial charge >= 0.3 is 0 Å². The second-order valence-electron chi connectivity index (χ2n) is 3.81. The Morgan fingerprint density at radius 3 is 2.05 bits per heavy atom. The van der Waals surface area contributed by atoms with Crippen molar-refractivity contribution < 1.29 is 4.74 Å². The number of ether oxygens (including phenoxy) is 1. The van der Waals surface area contributed by atoms with Gasteiger partial charge in [0.05, 0.1) is 6.07 Å². The quantitative estimate of drug-likeness (QED) is 0.378. The largest absolute Gasteiger partial charge is 0.450 e. The molecule has 0 fully saturated rings. The van der Waals surface area contributed by atoms with Gasteiger partial charge in [-0.15, -0.1) is 0 Å². The third-order valence-corrected chi connectivity index (χ3v) is 2.40. The molecule has 0 aromatic heterocycles. The molecule has 0 saturated heterocycles. The standard InChI is InChI=1S/C11H9N.C6H4O/c12-10-6-2-5-9-11-7-3-1-4-8-11;1-2-4-6-5(3-1)7-6/h1-9H;1-4H. The molecule has 0 N–H and O–H groups in total. The summed E-state index contributed by atoms with van der Waals surface area (Å²) in [6.07, 6.45) is 6.96. The van der Waals surface area contributed by atoms with Crippen molar-refractivity contribution in [3.05, 3.63) is 78.4 Å². The minimum atomic E-state index is 1.03. The third kappa shape index (κ3) is 4.53. The van der Waals surface area contributed by atoms with Crippen molar-refractivity contribution >= 4 is 6.08 Å². The maximum absolute atomic E-state index is 8.19. The molecule has 0 amide bonds. The predicted molar refractivity (Wildman–Crippen MR) is 76.7 cm³/mol. The Labute approximate surface area is 112 Å². The van der Waals surface area contributed by atoms with Gasteiger partial charge in [-0.3, -0.25) is 0 Å². The lowest BCUT2D eigenvalue weighted by atomic mass is 10.2. The van der Waals surface area contributed by atoms with Crippen molar-refractivity contribution in [2.24, 2.45) is 0 Å². The molecule has 0 radical (unpaired) electrons. The maximum Gasteiger partial charge on any atom is 0.170 e. The number of hydrogen-bond donors (Lipinski definition) is 0.